The molecular weight excluding hydrogens is 412 g/mol. The van der Waals surface area contributed by atoms with Gasteiger partial charge in [0.25, 0.3) is 5.91 Å². The molecule has 1 aromatic heterocycles. The van der Waals surface area contributed by atoms with E-state index in [9.17, 15) is 9.59 Å². The van der Waals surface area contributed by atoms with Crippen molar-refractivity contribution in [1.29, 1.82) is 0 Å². The fourth-order valence-corrected chi connectivity index (χ4v) is 4.85. The van der Waals surface area contributed by atoms with Gasteiger partial charge in [-0.2, -0.15) is 0 Å². The second kappa shape index (κ2) is 10.5. The maximum absolute atomic E-state index is 12.5. The van der Waals surface area contributed by atoms with Crippen molar-refractivity contribution in [3.63, 3.8) is 0 Å². The van der Waals surface area contributed by atoms with Gasteiger partial charge in [0.1, 0.15) is 5.00 Å². The Kier molecular flexibility index (Phi) is 7.74. The molecule has 0 saturated carbocycles. The number of fused-ring (bicyclic) bond motifs is 1. The van der Waals surface area contributed by atoms with Gasteiger partial charge in [0.05, 0.1) is 19.3 Å². The van der Waals surface area contributed by atoms with E-state index in [4.69, 9.17) is 15.2 Å². The van der Waals surface area contributed by atoms with Crippen LogP contribution in [0.1, 0.15) is 59.5 Å². The average Bonchev–Trinajstić information content (AvgIpc) is 3.10. The lowest BCUT2D eigenvalue weighted by molar-refractivity contribution is -0.111. The molecule has 31 heavy (non-hydrogen) atoms. The second-order valence-electron chi connectivity index (χ2n) is 8.04. The van der Waals surface area contributed by atoms with Crippen LogP contribution in [-0.2, 0) is 17.6 Å². The molecule has 3 N–H and O–H groups in total. The normalized spacial score (nSPS) is 13.3. The minimum Gasteiger partial charge on any atom is -0.493 e. The van der Waals surface area contributed by atoms with Gasteiger partial charge in [-0.05, 0) is 67.4 Å². The predicted molar refractivity (Wildman–Crippen MR) is 125 cm³/mol. The highest BCUT2D eigenvalue weighted by molar-refractivity contribution is 7.17. The van der Waals surface area contributed by atoms with Crippen LogP contribution in [0.3, 0.4) is 0 Å². The predicted octanol–water partition coefficient (Wildman–Crippen LogP) is 4.81. The van der Waals surface area contributed by atoms with E-state index in [1.165, 1.54) is 17.4 Å². The number of aryl methyl sites for hydroxylation is 1. The monoisotopic (exact) mass is 442 g/mol. The highest BCUT2D eigenvalue weighted by Gasteiger charge is 2.24. The highest BCUT2D eigenvalue weighted by Crippen LogP contribution is 2.38. The number of anilines is 1. The quantitative estimate of drug-likeness (QED) is 0.545. The second-order valence-corrected chi connectivity index (χ2v) is 9.15. The molecule has 6 nitrogen and oxygen atoms in total. The third-order valence-corrected chi connectivity index (χ3v) is 6.43. The van der Waals surface area contributed by atoms with Crippen LogP contribution < -0.4 is 20.5 Å². The number of benzene rings is 1. The molecule has 0 fully saturated rings. The fraction of sp³-hybridized carbons (Fsp3) is 0.417. The van der Waals surface area contributed by atoms with E-state index in [1.54, 1.807) is 13.2 Å². The summed E-state index contributed by atoms with van der Waals surface area (Å²) < 4.78 is 11.2. The molecule has 0 aliphatic heterocycles. The summed E-state index contributed by atoms with van der Waals surface area (Å²) in [4.78, 5) is 25.6. The molecule has 2 aromatic rings. The van der Waals surface area contributed by atoms with Crippen molar-refractivity contribution in [2.75, 3.05) is 19.0 Å². The van der Waals surface area contributed by atoms with Crippen LogP contribution >= 0.6 is 11.3 Å². The summed E-state index contributed by atoms with van der Waals surface area (Å²) in [5.74, 6) is 1.07. The first-order valence-corrected chi connectivity index (χ1v) is 11.4. The molecule has 0 radical (unpaired) electrons. The SMILES string of the molecule is COc1cc(/C=C/C(=O)Nc2sc3c(c2C(N)=O)CCCC3)ccc1OCCC(C)C. The number of carbonyl (C=O) groups excluding carboxylic acids is 2. The summed E-state index contributed by atoms with van der Waals surface area (Å²) in [6.07, 6.45) is 8.00. The minimum atomic E-state index is -0.489. The number of carbonyl (C=O) groups is 2. The molecule has 1 aliphatic carbocycles. The number of nitrogens with two attached hydrogens (primary N) is 1. The van der Waals surface area contributed by atoms with Gasteiger partial charge in [-0.3, -0.25) is 9.59 Å². The zero-order valence-electron chi connectivity index (χ0n) is 18.3. The molecule has 0 bridgehead atoms. The van der Waals surface area contributed by atoms with Gasteiger partial charge in [0.15, 0.2) is 11.5 Å². The molecule has 1 aromatic carbocycles. The van der Waals surface area contributed by atoms with Crippen LogP contribution in [0.15, 0.2) is 24.3 Å². The Morgan fingerprint density at radius 2 is 2.00 bits per heavy atom. The first kappa shape index (κ1) is 22.9. The van der Waals surface area contributed by atoms with E-state index in [0.717, 1.165) is 48.1 Å². The third-order valence-electron chi connectivity index (χ3n) is 5.22. The topological polar surface area (TPSA) is 90.6 Å². The standard InChI is InChI=1S/C24H30N2O4S/c1-15(2)12-13-30-18-10-8-16(14-19(18)29-3)9-11-21(27)26-24-22(23(25)28)17-6-4-5-7-20(17)31-24/h8-11,14-15H,4-7,12-13H2,1-3H3,(H2,25,28)(H,26,27)/b11-9+. The first-order valence-electron chi connectivity index (χ1n) is 10.6. The Labute approximate surface area is 187 Å². The molecule has 7 heteroatoms. The largest absolute Gasteiger partial charge is 0.493 e. The Morgan fingerprint density at radius 3 is 2.71 bits per heavy atom. The van der Waals surface area contributed by atoms with E-state index < -0.39 is 5.91 Å². The van der Waals surface area contributed by atoms with Crippen LogP contribution in [0.25, 0.3) is 6.08 Å². The highest BCUT2D eigenvalue weighted by atomic mass is 32.1. The summed E-state index contributed by atoms with van der Waals surface area (Å²) in [7, 11) is 1.59. The van der Waals surface area contributed by atoms with Crippen molar-refractivity contribution in [3.05, 3.63) is 45.8 Å². The summed E-state index contributed by atoms with van der Waals surface area (Å²) in [6, 6.07) is 5.54. The van der Waals surface area contributed by atoms with Crippen LogP contribution in [0.2, 0.25) is 0 Å². The van der Waals surface area contributed by atoms with Gasteiger partial charge < -0.3 is 20.5 Å². The lowest BCUT2D eigenvalue weighted by Crippen LogP contribution is -2.17. The summed E-state index contributed by atoms with van der Waals surface area (Å²) in [6.45, 7) is 4.92. The molecule has 166 valence electrons. The van der Waals surface area contributed by atoms with Gasteiger partial charge in [0.2, 0.25) is 5.91 Å². The van der Waals surface area contributed by atoms with Crippen LogP contribution in [-0.4, -0.2) is 25.5 Å². The Bertz CT molecular complexity index is 978. The number of rotatable bonds is 9. The number of ether oxygens (including phenoxy) is 2. The van der Waals surface area contributed by atoms with Gasteiger partial charge >= 0.3 is 0 Å². The number of primary amides is 1. The molecule has 0 saturated heterocycles. The van der Waals surface area contributed by atoms with Crippen LogP contribution in [0, 0.1) is 5.92 Å². The van der Waals surface area contributed by atoms with E-state index in [1.807, 2.05) is 18.2 Å². The zero-order chi connectivity index (χ0) is 22.4. The summed E-state index contributed by atoms with van der Waals surface area (Å²) >= 11 is 1.45. The number of hydrogen-bond acceptors (Lipinski definition) is 5. The van der Waals surface area contributed by atoms with Crippen LogP contribution in [0.4, 0.5) is 5.00 Å². The molecule has 2 amide bonds. The van der Waals surface area contributed by atoms with Crippen molar-refractivity contribution in [3.8, 4) is 11.5 Å². The number of nitrogens with one attached hydrogen (secondary N) is 1. The van der Waals surface area contributed by atoms with Crippen molar-refractivity contribution >= 4 is 34.2 Å². The van der Waals surface area contributed by atoms with Crippen molar-refractivity contribution in [1.82, 2.24) is 0 Å². The van der Waals surface area contributed by atoms with Crippen LogP contribution in [0.5, 0.6) is 11.5 Å². The van der Waals surface area contributed by atoms with Crippen molar-refractivity contribution in [2.24, 2.45) is 11.7 Å². The molecule has 1 heterocycles. The number of amides is 2. The Hall–Kier alpha value is -2.80. The maximum atomic E-state index is 12.5. The van der Waals surface area contributed by atoms with Crippen molar-refractivity contribution < 1.29 is 19.1 Å². The molecule has 0 unspecified atom stereocenters. The summed E-state index contributed by atoms with van der Waals surface area (Å²) in [5.41, 5.74) is 7.87. The number of methoxy groups -OCH3 is 1. The maximum Gasteiger partial charge on any atom is 0.251 e. The smallest absolute Gasteiger partial charge is 0.251 e. The third kappa shape index (κ3) is 5.88. The molecule has 0 atom stereocenters. The molecule has 0 spiro atoms. The van der Waals surface area contributed by atoms with E-state index in [-0.39, 0.29) is 5.91 Å². The Balaban J connectivity index is 1.69. The lowest BCUT2D eigenvalue weighted by Gasteiger charge is -2.12. The molecule has 3 rings (SSSR count). The number of thiophene rings is 1. The molecule has 1 aliphatic rings. The van der Waals surface area contributed by atoms with Crippen molar-refractivity contribution in [2.45, 2.75) is 46.0 Å². The van der Waals surface area contributed by atoms with E-state index in [2.05, 4.69) is 19.2 Å². The van der Waals surface area contributed by atoms with Gasteiger partial charge in [-0.15, -0.1) is 11.3 Å². The van der Waals surface area contributed by atoms with Gasteiger partial charge in [0, 0.05) is 11.0 Å². The van der Waals surface area contributed by atoms with E-state index in [0.29, 0.717) is 34.6 Å². The first-order chi connectivity index (χ1) is 14.9. The number of hydrogen-bond donors (Lipinski definition) is 2. The minimum absolute atomic E-state index is 0.308. The van der Waals surface area contributed by atoms with Gasteiger partial charge in [-0.1, -0.05) is 19.9 Å². The summed E-state index contributed by atoms with van der Waals surface area (Å²) in [5, 5.41) is 3.38. The van der Waals surface area contributed by atoms with Gasteiger partial charge in [-0.25, -0.2) is 0 Å². The average molecular weight is 443 g/mol. The van der Waals surface area contributed by atoms with E-state index >= 15 is 0 Å². The molecular formula is C24H30N2O4S. The lowest BCUT2D eigenvalue weighted by atomic mass is 9.95. The Morgan fingerprint density at radius 1 is 1.23 bits per heavy atom. The fourth-order valence-electron chi connectivity index (χ4n) is 3.55. The zero-order valence-corrected chi connectivity index (χ0v) is 19.1.